The number of rotatable bonds is 5. The van der Waals surface area contributed by atoms with Crippen LogP contribution in [0.3, 0.4) is 0 Å². The minimum absolute atomic E-state index is 0.0488. The van der Waals surface area contributed by atoms with Crippen LogP contribution in [0.15, 0.2) is 52.7 Å². The number of methoxy groups -OCH3 is 2. The zero-order valence-electron chi connectivity index (χ0n) is 21.8. The van der Waals surface area contributed by atoms with Gasteiger partial charge in [-0.3, -0.25) is 4.79 Å². The number of nitrogens with one attached hydrogen (secondary N) is 1. The van der Waals surface area contributed by atoms with Gasteiger partial charge in [-0.15, -0.1) is 0 Å². The number of nitrogens with zero attached hydrogens (tertiary/aromatic N) is 3. The molecule has 0 spiro atoms. The SMILES string of the molecule is CC[C@@H]1CN(C)[C@H]2Cc3c([nH]c4ccccc34)/C(=N/N=C\c3ccc(O)c(OC)c3)C[C@H]1[C@H]2C(=O)OC. The molecule has 2 N–H and O–H groups in total. The Morgan fingerprint density at radius 2 is 2.03 bits per heavy atom. The first-order chi connectivity index (χ1) is 17.9. The van der Waals surface area contributed by atoms with E-state index in [4.69, 9.17) is 14.6 Å². The Balaban J connectivity index is 1.63. The van der Waals surface area contributed by atoms with E-state index >= 15 is 0 Å². The highest BCUT2D eigenvalue weighted by Gasteiger charge is 2.48. The van der Waals surface area contributed by atoms with Gasteiger partial charge in [0.25, 0.3) is 0 Å². The largest absolute Gasteiger partial charge is 0.504 e. The molecular formula is C29H34N4O4. The summed E-state index contributed by atoms with van der Waals surface area (Å²) >= 11 is 0. The van der Waals surface area contributed by atoms with Crippen LogP contribution in [-0.2, 0) is 16.0 Å². The summed E-state index contributed by atoms with van der Waals surface area (Å²) in [5.41, 5.74) is 4.81. The van der Waals surface area contributed by atoms with E-state index in [1.165, 1.54) is 14.2 Å². The highest BCUT2D eigenvalue weighted by molar-refractivity contribution is 6.06. The number of phenolic OH excluding ortho intramolecular Hbond substituents is 1. The number of esters is 1. The molecule has 194 valence electrons. The lowest BCUT2D eigenvalue weighted by Crippen LogP contribution is -2.56. The van der Waals surface area contributed by atoms with Gasteiger partial charge in [-0.05, 0) is 67.1 Å². The van der Waals surface area contributed by atoms with Gasteiger partial charge in [0.15, 0.2) is 11.5 Å². The number of benzene rings is 2. The van der Waals surface area contributed by atoms with Crippen LogP contribution in [0.4, 0.5) is 0 Å². The maximum absolute atomic E-state index is 13.2. The number of ether oxygens (including phenoxy) is 2. The van der Waals surface area contributed by atoms with Gasteiger partial charge in [0.2, 0.25) is 0 Å². The fourth-order valence-corrected chi connectivity index (χ4v) is 6.19. The predicted molar refractivity (Wildman–Crippen MR) is 145 cm³/mol. The van der Waals surface area contributed by atoms with Crippen molar-refractivity contribution in [2.45, 2.75) is 32.2 Å². The number of likely N-dealkylation sites (N-methyl/N-ethyl adjacent to an activating group) is 1. The molecule has 2 aliphatic rings. The average molecular weight is 503 g/mol. The van der Waals surface area contributed by atoms with Gasteiger partial charge in [-0.25, -0.2) is 0 Å². The summed E-state index contributed by atoms with van der Waals surface area (Å²) in [5, 5.41) is 20.2. The number of H-pyrrole nitrogens is 1. The van der Waals surface area contributed by atoms with E-state index in [1.807, 2.05) is 12.1 Å². The third kappa shape index (κ3) is 4.62. The number of aromatic nitrogens is 1. The molecule has 1 aromatic heterocycles. The van der Waals surface area contributed by atoms with Crippen LogP contribution in [0.25, 0.3) is 10.9 Å². The summed E-state index contributed by atoms with van der Waals surface area (Å²) in [4.78, 5) is 19.2. The summed E-state index contributed by atoms with van der Waals surface area (Å²) < 4.78 is 10.6. The Morgan fingerprint density at radius 3 is 2.78 bits per heavy atom. The third-order valence-corrected chi connectivity index (χ3v) is 8.10. The second-order valence-corrected chi connectivity index (χ2v) is 10.0. The summed E-state index contributed by atoms with van der Waals surface area (Å²) in [6.45, 7) is 3.12. The van der Waals surface area contributed by atoms with Crippen molar-refractivity contribution in [3.8, 4) is 11.5 Å². The van der Waals surface area contributed by atoms with Gasteiger partial charge < -0.3 is 24.5 Å². The number of piperidine rings is 1. The van der Waals surface area contributed by atoms with Crippen LogP contribution in [0.1, 0.15) is 36.6 Å². The molecule has 37 heavy (non-hydrogen) atoms. The van der Waals surface area contributed by atoms with Crippen molar-refractivity contribution >= 4 is 28.8 Å². The number of aromatic amines is 1. The Labute approximate surface area is 217 Å². The maximum atomic E-state index is 13.2. The Morgan fingerprint density at radius 1 is 1.22 bits per heavy atom. The number of carbonyl (C=O) groups is 1. The molecule has 8 heteroatoms. The quantitative estimate of drug-likeness (QED) is 0.306. The first kappa shape index (κ1) is 25.0. The number of carbonyl (C=O) groups excluding carboxylic acids is 1. The van der Waals surface area contributed by atoms with Crippen molar-refractivity contribution in [3.05, 3.63) is 59.3 Å². The third-order valence-electron chi connectivity index (χ3n) is 8.10. The lowest BCUT2D eigenvalue weighted by atomic mass is 9.67. The predicted octanol–water partition coefficient (Wildman–Crippen LogP) is 4.40. The second kappa shape index (κ2) is 10.4. The highest BCUT2D eigenvalue weighted by atomic mass is 16.5. The number of hydrogen-bond acceptors (Lipinski definition) is 7. The molecular weight excluding hydrogens is 468 g/mol. The van der Waals surface area contributed by atoms with E-state index in [0.29, 0.717) is 18.1 Å². The van der Waals surface area contributed by atoms with Gasteiger partial charge in [0.1, 0.15) is 0 Å². The number of para-hydroxylation sites is 1. The molecule has 2 aromatic carbocycles. The second-order valence-electron chi connectivity index (χ2n) is 10.0. The number of phenols is 1. The summed E-state index contributed by atoms with van der Waals surface area (Å²) in [7, 11) is 5.12. The molecule has 1 aliphatic heterocycles. The number of aromatic hydroxyl groups is 1. The van der Waals surface area contributed by atoms with Crippen LogP contribution in [0.2, 0.25) is 0 Å². The van der Waals surface area contributed by atoms with Crippen LogP contribution in [0, 0.1) is 17.8 Å². The molecule has 5 rings (SSSR count). The molecule has 4 atom stereocenters. The maximum Gasteiger partial charge on any atom is 0.310 e. The van der Waals surface area contributed by atoms with Crippen LogP contribution in [-0.4, -0.2) is 66.7 Å². The van der Waals surface area contributed by atoms with Crippen molar-refractivity contribution in [2.75, 3.05) is 27.8 Å². The van der Waals surface area contributed by atoms with E-state index < -0.39 is 0 Å². The van der Waals surface area contributed by atoms with Crippen molar-refractivity contribution < 1.29 is 19.4 Å². The number of likely N-dealkylation sites (tertiary alicyclic amines) is 1. The molecule has 0 radical (unpaired) electrons. The molecule has 0 unspecified atom stereocenters. The van der Waals surface area contributed by atoms with Crippen molar-refractivity contribution in [1.29, 1.82) is 0 Å². The molecule has 1 saturated heterocycles. The lowest BCUT2D eigenvalue weighted by Gasteiger charge is -2.48. The minimum Gasteiger partial charge on any atom is -0.504 e. The minimum atomic E-state index is -0.244. The Bertz CT molecular complexity index is 1360. The van der Waals surface area contributed by atoms with E-state index in [2.05, 4.69) is 41.1 Å². The van der Waals surface area contributed by atoms with Gasteiger partial charge in [0, 0.05) is 23.5 Å². The van der Waals surface area contributed by atoms with E-state index in [-0.39, 0.29) is 29.6 Å². The van der Waals surface area contributed by atoms with Crippen LogP contribution < -0.4 is 4.74 Å². The molecule has 1 aliphatic carbocycles. The van der Waals surface area contributed by atoms with Crippen LogP contribution in [0.5, 0.6) is 11.5 Å². The Hall–Kier alpha value is -3.65. The first-order valence-corrected chi connectivity index (χ1v) is 12.8. The molecule has 1 fully saturated rings. The van der Waals surface area contributed by atoms with Gasteiger partial charge in [0.05, 0.1) is 37.8 Å². The fourth-order valence-electron chi connectivity index (χ4n) is 6.19. The molecule has 2 heterocycles. The number of fused-ring (bicyclic) bond motifs is 5. The average Bonchev–Trinajstić information content (AvgIpc) is 3.27. The van der Waals surface area contributed by atoms with E-state index in [9.17, 15) is 9.90 Å². The Kier molecular flexibility index (Phi) is 7.02. The van der Waals surface area contributed by atoms with Gasteiger partial charge in [-0.2, -0.15) is 10.2 Å². The van der Waals surface area contributed by atoms with E-state index in [0.717, 1.165) is 52.8 Å². The monoisotopic (exact) mass is 502 g/mol. The van der Waals surface area contributed by atoms with Crippen LogP contribution >= 0.6 is 0 Å². The normalized spacial score (nSPS) is 25.1. The zero-order chi connectivity index (χ0) is 26.1. The lowest BCUT2D eigenvalue weighted by molar-refractivity contribution is -0.154. The van der Waals surface area contributed by atoms with Crippen molar-refractivity contribution in [2.24, 2.45) is 28.0 Å². The molecule has 0 saturated carbocycles. The molecule has 0 amide bonds. The molecule has 3 aromatic rings. The summed E-state index contributed by atoms with van der Waals surface area (Å²) in [6.07, 6.45) is 3.97. The highest BCUT2D eigenvalue weighted by Crippen LogP contribution is 2.43. The molecule has 2 bridgehead atoms. The van der Waals surface area contributed by atoms with Crippen molar-refractivity contribution in [1.82, 2.24) is 9.88 Å². The number of hydrogen-bond donors (Lipinski definition) is 2. The fraction of sp³-hybridized carbons (Fsp3) is 0.414. The topological polar surface area (TPSA) is 99.5 Å². The van der Waals surface area contributed by atoms with Gasteiger partial charge in [-0.1, -0.05) is 31.5 Å². The van der Waals surface area contributed by atoms with Gasteiger partial charge >= 0.3 is 5.97 Å². The van der Waals surface area contributed by atoms with E-state index in [1.54, 1.807) is 24.4 Å². The smallest absolute Gasteiger partial charge is 0.310 e. The zero-order valence-corrected chi connectivity index (χ0v) is 21.8. The summed E-state index contributed by atoms with van der Waals surface area (Å²) in [6, 6.07) is 13.4. The van der Waals surface area contributed by atoms with Crippen molar-refractivity contribution in [3.63, 3.8) is 0 Å². The standard InChI is InChI=1S/C29H34N4O4/c1-5-18-16-33(2)24-14-21-19-8-6-7-9-22(19)31-28(21)23(13-20(18)27(24)29(35)37-4)32-30-15-17-10-11-25(34)26(12-17)36-3/h6-12,15,18,20,24,27,31,34H,5,13-14,16H2,1-4H3/b30-15-,32-23+/t18-,20-,24+,27-/m1/s1. The first-order valence-electron chi connectivity index (χ1n) is 12.8. The summed E-state index contributed by atoms with van der Waals surface area (Å²) in [5.74, 6) is 0.496. The molecule has 8 nitrogen and oxygen atoms in total.